The number of phenols is 1. The second-order valence-corrected chi connectivity index (χ2v) is 10.8. The first-order chi connectivity index (χ1) is 16.2. The highest BCUT2D eigenvalue weighted by Gasteiger charge is 2.44. The highest BCUT2D eigenvalue weighted by atomic mass is 32.2. The van der Waals surface area contributed by atoms with E-state index in [2.05, 4.69) is 5.32 Å². The summed E-state index contributed by atoms with van der Waals surface area (Å²) in [6.07, 6.45) is 0.890. The molecule has 5 atom stereocenters. The fourth-order valence-corrected chi connectivity index (χ4v) is 5.77. The number of aromatic hydroxyl groups is 1. The number of fused-ring (bicyclic) bond motifs is 1. The minimum atomic E-state index is -4.18. The summed E-state index contributed by atoms with van der Waals surface area (Å²) >= 11 is 0. The number of nitrogens with one attached hydrogen (secondary N) is 1. The number of rotatable bonds is 9. The fraction of sp³-hybridized carbons (Fsp3) is 0.682. The van der Waals surface area contributed by atoms with Gasteiger partial charge in [0.25, 0.3) is 10.0 Å². The van der Waals surface area contributed by atoms with Crippen molar-refractivity contribution in [2.24, 2.45) is 5.92 Å². The first-order valence-electron chi connectivity index (χ1n) is 11.6. The van der Waals surface area contributed by atoms with E-state index in [4.69, 9.17) is 19.0 Å². The summed E-state index contributed by atoms with van der Waals surface area (Å²) in [5.74, 6) is -0.222. The molecular weight excluding hydrogens is 468 g/mol. The maximum absolute atomic E-state index is 13.2. The van der Waals surface area contributed by atoms with Gasteiger partial charge in [-0.05, 0) is 44.4 Å². The lowest BCUT2D eigenvalue weighted by molar-refractivity contribution is -0.144. The van der Waals surface area contributed by atoms with Gasteiger partial charge in [0.2, 0.25) is 0 Å². The van der Waals surface area contributed by atoms with Crippen molar-refractivity contribution >= 4 is 16.1 Å². The minimum Gasteiger partial charge on any atom is -0.508 e. The van der Waals surface area contributed by atoms with Gasteiger partial charge in [0.1, 0.15) is 11.9 Å². The van der Waals surface area contributed by atoms with Crippen LogP contribution in [0.1, 0.15) is 39.0 Å². The molecule has 2 aliphatic heterocycles. The summed E-state index contributed by atoms with van der Waals surface area (Å²) in [6, 6.07) is 4.41. The molecule has 34 heavy (non-hydrogen) atoms. The van der Waals surface area contributed by atoms with Crippen LogP contribution in [0, 0.1) is 5.92 Å². The van der Waals surface area contributed by atoms with Crippen LogP contribution in [0.3, 0.4) is 0 Å². The molecule has 0 unspecified atom stereocenters. The van der Waals surface area contributed by atoms with Crippen LogP contribution >= 0.6 is 0 Å². The van der Waals surface area contributed by atoms with Crippen molar-refractivity contribution in [2.45, 2.75) is 74.6 Å². The van der Waals surface area contributed by atoms with Crippen molar-refractivity contribution in [3.8, 4) is 5.75 Å². The zero-order valence-corrected chi connectivity index (χ0v) is 19.9. The van der Waals surface area contributed by atoms with E-state index in [1.54, 1.807) is 6.92 Å². The highest BCUT2D eigenvalue weighted by molar-refractivity contribution is 7.89. The third-order valence-corrected chi connectivity index (χ3v) is 8.08. The number of nitrogens with zero attached hydrogens (tertiary/aromatic N) is 1. The number of hydrogen-bond donors (Lipinski definition) is 3. The quantitative estimate of drug-likeness (QED) is 0.430. The van der Waals surface area contributed by atoms with Crippen LogP contribution in [-0.4, -0.2) is 79.6 Å². The largest absolute Gasteiger partial charge is 0.508 e. The number of ether oxygens (including phenoxy) is 3. The van der Waals surface area contributed by atoms with Gasteiger partial charge in [0, 0.05) is 0 Å². The molecule has 3 N–H and O–H groups in total. The molecule has 1 aromatic carbocycles. The molecule has 1 aliphatic carbocycles. The van der Waals surface area contributed by atoms with Gasteiger partial charge < -0.3 is 29.7 Å². The maximum atomic E-state index is 13.2. The molecule has 3 fully saturated rings. The van der Waals surface area contributed by atoms with Gasteiger partial charge in [0.15, 0.2) is 6.29 Å². The second kappa shape index (κ2) is 10.8. The number of amides is 1. The number of aliphatic hydroxyl groups is 1. The topological polar surface area (TPSA) is 144 Å². The van der Waals surface area contributed by atoms with Crippen LogP contribution in [-0.2, 0) is 29.1 Å². The molecule has 12 heteroatoms. The van der Waals surface area contributed by atoms with Crippen LogP contribution in [0.25, 0.3) is 0 Å². The third-order valence-electron chi connectivity index (χ3n) is 6.45. The number of alkyl carbamates (subject to hydrolysis) is 1. The molecule has 190 valence electrons. The van der Waals surface area contributed by atoms with Crippen LogP contribution in [0.5, 0.6) is 5.75 Å². The first kappa shape index (κ1) is 25.1. The van der Waals surface area contributed by atoms with E-state index in [0.29, 0.717) is 19.4 Å². The molecular formula is C22H32N2O9S. The molecule has 11 nitrogen and oxygen atoms in total. The Kier molecular flexibility index (Phi) is 7.95. The van der Waals surface area contributed by atoms with E-state index < -0.39 is 40.9 Å². The smallest absolute Gasteiger partial charge is 0.407 e. The molecule has 0 aromatic heterocycles. The van der Waals surface area contributed by atoms with Crippen LogP contribution in [0.2, 0.25) is 0 Å². The SMILES string of the molecule is C[C@H](NC(=O)O[C@H]1CO[C@H]2OCC[C@H]21)[C@H](O)CN(OC1CCCC1)S(=O)(=O)c1cccc(O)c1. The van der Waals surface area contributed by atoms with Gasteiger partial charge in [-0.3, -0.25) is 4.84 Å². The van der Waals surface area contributed by atoms with E-state index in [-0.39, 0.29) is 35.6 Å². The minimum absolute atomic E-state index is 0.0197. The standard InChI is InChI=1S/C22H32N2O9S/c1-14(23-22(27)32-20-13-31-21-18(20)9-10-30-21)19(26)12-24(33-16-6-2-3-7-16)34(28,29)17-8-4-5-15(25)11-17/h4-5,8,11,14,16,18-21,25-26H,2-3,6-7,9-10,12-13H2,1H3,(H,23,27)/t14-,18-,19+,20-,21+/m0/s1. The molecule has 4 rings (SSSR count). The number of aliphatic hydroxyl groups excluding tert-OH is 1. The zero-order valence-electron chi connectivity index (χ0n) is 19.0. The fourth-order valence-electron chi connectivity index (χ4n) is 4.43. The molecule has 2 heterocycles. The monoisotopic (exact) mass is 500 g/mol. The number of phenolic OH excluding ortho intramolecular Hbond substituents is 1. The summed E-state index contributed by atoms with van der Waals surface area (Å²) < 4.78 is 43.5. The van der Waals surface area contributed by atoms with Crippen molar-refractivity contribution in [3.63, 3.8) is 0 Å². The van der Waals surface area contributed by atoms with Gasteiger partial charge in [-0.25, -0.2) is 13.2 Å². The molecule has 1 amide bonds. The van der Waals surface area contributed by atoms with Gasteiger partial charge in [-0.2, -0.15) is 0 Å². The zero-order chi connectivity index (χ0) is 24.3. The number of carbonyl (C=O) groups excluding carboxylic acids is 1. The van der Waals surface area contributed by atoms with E-state index in [9.17, 15) is 23.4 Å². The van der Waals surface area contributed by atoms with Gasteiger partial charge in [0.05, 0.1) is 48.8 Å². The van der Waals surface area contributed by atoms with Crippen LogP contribution in [0.4, 0.5) is 4.79 Å². The van der Waals surface area contributed by atoms with Crippen LogP contribution < -0.4 is 5.32 Å². The molecule has 3 aliphatic rings. The molecule has 1 aromatic rings. The van der Waals surface area contributed by atoms with E-state index in [0.717, 1.165) is 29.8 Å². The van der Waals surface area contributed by atoms with Gasteiger partial charge in [-0.1, -0.05) is 23.4 Å². The van der Waals surface area contributed by atoms with E-state index in [1.165, 1.54) is 18.2 Å². The summed E-state index contributed by atoms with van der Waals surface area (Å²) in [6.45, 7) is 1.93. The summed E-state index contributed by atoms with van der Waals surface area (Å²) in [5, 5.41) is 23.0. The lowest BCUT2D eigenvalue weighted by Gasteiger charge is -2.29. The molecule has 0 radical (unpaired) electrons. The number of sulfonamides is 1. The molecule has 2 saturated heterocycles. The Hall–Kier alpha value is -1.96. The average molecular weight is 501 g/mol. The lowest BCUT2D eigenvalue weighted by Crippen LogP contribution is -2.49. The molecule has 1 saturated carbocycles. The molecule has 0 bridgehead atoms. The second-order valence-electron chi connectivity index (χ2n) is 8.97. The highest BCUT2D eigenvalue weighted by Crippen LogP contribution is 2.33. The predicted octanol–water partition coefficient (Wildman–Crippen LogP) is 1.49. The normalized spacial score (nSPS) is 27.0. The van der Waals surface area contributed by atoms with Crippen molar-refractivity contribution in [1.82, 2.24) is 9.79 Å². The van der Waals surface area contributed by atoms with Gasteiger partial charge >= 0.3 is 6.09 Å². The van der Waals surface area contributed by atoms with Crippen molar-refractivity contribution in [2.75, 3.05) is 19.8 Å². The Labute approximate surface area is 198 Å². The summed E-state index contributed by atoms with van der Waals surface area (Å²) in [5.41, 5.74) is 0. The van der Waals surface area contributed by atoms with Crippen molar-refractivity contribution < 1.29 is 42.5 Å². The number of hydroxylamine groups is 1. The average Bonchev–Trinajstić information content (AvgIpc) is 3.53. The third kappa shape index (κ3) is 5.81. The number of carbonyl (C=O) groups is 1. The Balaban J connectivity index is 1.39. The first-order valence-corrected chi connectivity index (χ1v) is 13.0. The molecule has 0 spiro atoms. The summed E-state index contributed by atoms with van der Waals surface area (Å²) in [7, 11) is -4.18. The Morgan fingerprint density at radius 3 is 2.76 bits per heavy atom. The Morgan fingerprint density at radius 2 is 2.03 bits per heavy atom. The van der Waals surface area contributed by atoms with E-state index >= 15 is 0 Å². The Morgan fingerprint density at radius 1 is 1.26 bits per heavy atom. The van der Waals surface area contributed by atoms with E-state index in [1.807, 2.05) is 0 Å². The maximum Gasteiger partial charge on any atom is 0.407 e. The summed E-state index contributed by atoms with van der Waals surface area (Å²) in [4.78, 5) is 18.0. The van der Waals surface area contributed by atoms with Crippen molar-refractivity contribution in [3.05, 3.63) is 24.3 Å². The number of hydrogen-bond acceptors (Lipinski definition) is 9. The predicted molar refractivity (Wildman–Crippen MR) is 118 cm³/mol. The van der Waals surface area contributed by atoms with Gasteiger partial charge in [-0.15, -0.1) is 0 Å². The Bertz CT molecular complexity index is 953. The number of benzene rings is 1. The van der Waals surface area contributed by atoms with Crippen LogP contribution in [0.15, 0.2) is 29.2 Å². The van der Waals surface area contributed by atoms with Crippen molar-refractivity contribution in [1.29, 1.82) is 0 Å². The lowest BCUT2D eigenvalue weighted by atomic mass is 10.0.